The van der Waals surface area contributed by atoms with E-state index in [1.807, 2.05) is 60.7 Å². The van der Waals surface area contributed by atoms with Crippen LogP contribution in [0, 0.1) is 0 Å². The number of esters is 2. The maximum Gasteiger partial charge on any atom is 0.303 e. The molecule has 144 valence electrons. The molecule has 4 nitrogen and oxygen atoms in total. The molecule has 2 unspecified atom stereocenters. The summed E-state index contributed by atoms with van der Waals surface area (Å²) in [5, 5.41) is 0. The monoisotopic (exact) mass is 386 g/mol. The SMILES string of the molecule is CC(=O)OC(CCSCCC(OC(C)=O)c1ccccc1)c1ccccc1. The van der Waals surface area contributed by atoms with Gasteiger partial charge >= 0.3 is 11.9 Å². The molecule has 0 fully saturated rings. The van der Waals surface area contributed by atoms with E-state index in [9.17, 15) is 9.59 Å². The van der Waals surface area contributed by atoms with Crippen molar-refractivity contribution in [3.8, 4) is 0 Å². The Kier molecular flexibility index (Phi) is 8.92. The molecule has 27 heavy (non-hydrogen) atoms. The van der Waals surface area contributed by atoms with E-state index in [1.165, 1.54) is 13.8 Å². The molecule has 0 saturated heterocycles. The van der Waals surface area contributed by atoms with Gasteiger partial charge in [-0.05, 0) is 35.5 Å². The van der Waals surface area contributed by atoms with Crippen molar-refractivity contribution >= 4 is 23.7 Å². The molecule has 0 aliphatic heterocycles. The Labute approximate surface area is 165 Å². The first-order valence-electron chi connectivity index (χ1n) is 9.08. The van der Waals surface area contributed by atoms with Gasteiger partial charge in [0.2, 0.25) is 0 Å². The van der Waals surface area contributed by atoms with Crippen LogP contribution in [0.15, 0.2) is 60.7 Å². The van der Waals surface area contributed by atoms with Crippen LogP contribution in [-0.4, -0.2) is 23.4 Å². The summed E-state index contributed by atoms with van der Waals surface area (Å²) in [7, 11) is 0. The van der Waals surface area contributed by atoms with Gasteiger partial charge in [-0.25, -0.2) is 0 Å². The second-order valence-electron chi connectivity index (χ2n) is 6.21. The highest BCUT2D eigenvalue weighted by Crippen LogP contribution is 2.26. The predicted octanol–water partition coefficient (Wildman–Crippen LogP) is 5.11. The van der Waals surface area contributed by atoms with Gasteiger partial charge in [-0.2, -0.15) is 11.8 Å². The van der Waals surface area contributed by atoms with Crippen LogP contribution in [0.2, 0.25) is 0 Å². The van der Waals surface area contributed by atoms with E-state index in [0.717, 1.165) is 35.5 Å². The molecule has 0 bridgehead atoms. The fourth-order valence-corrected chi connectivity index (χ4v) is 3.77. The first kappa shape index (κ1) is 21.0. The molecule has 0 aromatic heterocycles. The van der Waals surface area contributed by atoms with Crippen molar-refractivity contribution in [2.45, 2.75) is 38.9 Å². The smallest absolute Gasteiger partial charge is 0.303 e. The molecule has 0 amide bonds. The lowest BCUT2D eigenvalue weighted by molar-refractivity contribution is -0.147. The number of hydrogen-bond donors (Lipinski definition) is 0. The minimum Gasteiger partial charge on any atom is -0.458 e. The van der Waals surface area contributed by atoms with Gasteiger partial charge in [0, 0.05) is 13.8 Å². The average Bonchev–Trinajstić information content (AvgIpc) is 2.66. The Bertz CT molecular complexity index is 641. The number of hydrogen-bond acceptors (Lipinski definition) is 5. The van der Waals surface area contributed by atoms with Crippen molar-refractivity contribution in [2.24, 2.45) is 0 Å². The zero-order chi connectivity index (χ0) is 19.5. The van der Waals surface area contributed by atoms with E-state index in [-0.39, 0.29) is 24.1 Å². The summed E-state index contributed by atoms with van der Waals surface area (Å²) in [6, 6.07) is 19.6. The third-order valence-electron chi connectivity index (χ3n) is 4.01. The zero-order valence-corrected chi connectivity index (χ0v) is 16.6. The molecule has 0 aliphatic rings. The van der Waals surface area contributed by atoms with E-state index in [0.29, 0.717) is 0 Å². The van der Waals surface area contributed by atoms with E-state index in [2.05, 4.69) is 0 Å². The van der Waals surface area contributed by atoms with E-state index in [1.54, 1.807) is 11.8 Å². The molecule has 5 heteroatoms. The average molecular weight is 387 g/mol. The lowest BCUT2D eigenvalue weighted by atomic mass is 10.1. The topological polar surface area (TPSA) is 52.6 Å². The molecule has 2 aromatic rings. The fraction of sp³-hybridized carbons (Fsp3) is 0.364. The highest BCUT2D eigenvalue weighted by atomic mass is 32.2. The maximum absolute atomic E-state index is 11.4. The van der Waals surface area contributed by atoms with Gasteiger partial charge in [-0.1, -0.05) is 60.7 Å². The summed E-state index contributed by atoms with van der Waals surface area (Å²) >= 11 is 1.77. The third kappa shape index (κ3) is 7.87. The first-order chi connectivity index (χ1) is 13.1. The Hall–Kier alpha value is -2.27. The second-order valence-corrected chi connectivity index (χ2v) is 7.43. The van der Waals surface area contributed by atoms with Gasteiger partial charge in [0.05, 0.1) is 0 Å². The van der Waals surface area contributed by atoms with E-state index < -0.39 is 0 Å². The van der Waals surface area contributed by atoms with Crippen molar-refractivity contribution in [3.63, 3.8) is 0 Å². The van der Waals surface area contributed by atoms with Crippen LogP contribution in [0.1, 0.15) is 50.0 Å². The number of carbonyl (C=O) groups is 2. The molecule has 0 aliphatic carbocycles. The number of benzene rings is 2. The summed E-state index contributed by atoms with van der Waals surface area (Å²) in [5.41, 5.74) is 2.02. The molecule has 0 saturated carbocycles. The predicted molar refractivity (Wildman–Crippen MR) is 108 cm³/mol. The Balaban J connectivity index is 1.82. The molecule has 0 spiro atoms. The molecule has 2 rings (SSSR count). The molecular weight excluding hydrogens is 360 g/mol. The normalized spacial score (nSPS) is 12.8. The third-order valence-corrected chi connectivity index (χ3v) is 5.06. The van der Waals surface area contributed by atoms with Crippen LogP contribution in [-0.2, 0) is 19.1 Å². The van der Waals surface area contributed by atoms with Crippen molar-refractivity contribution in [3.05, 3.63) is 71.8 Å². The van der Waals surface area contributed by atoms with Crippen molar-refractivity contribution in [1.82, 2.24) is 0 Å². The summed E-state index contributed by atoms with van der Waals surface area (Å²) in [4.78, 5) is 22.8. The number of rotatable bonds is 10. The Morgan fingerprint density at radius 1 is 0.741 bits per heavy atom. The number of ether oxygens (including phenoxy) is 2. The van der Waals surface area contributed by atoms with Crippen LogP contribution < -0.4 is 0 Å². The molecule has 2 atom stereocenters. The van der Waals surface area contributed by atoms with Crippen LogP contribution in [0.4, 0.5) is 0 Å². The van der Waals surface area contributed by atoms with Gasteiger partial charge in [0.25, 0.3) is 0 Å². The minimum atomic E-state index is -0.271. The zero-order valence-electron chi connectivity index (χ0n) is 15.8. The van der Waals surface area contributed by atoms with Gasteiger partial charge in [0.1, 0.15) is 12.2 Å². The van der Waals surface area contributed by atoms with Crippen LogP contribution >= 0.6 is 11.8 Å². The summed E-state index contributed by atoms with van der Waals surface area (Å²) < 4.78 is 10.9. The highest BCUT2D eigenvalue weighted by molar-refractivity contribution is 7.99. The first-order valence-corrected chi connectivity index (χ1v) is 10.2. The largest absolute Gasteiger partial charge is 0.458 e. The van der Waals surface area contributed by atoms with Crippen molar-refractivity contribution < 1.29 is 19.1 Å². The van der Waals surface area contributed by atoms with Crippen molar-refractivity contribution in [2.75, 3.05) is 11.5 Å². The molecule has 2 aromatic carbocycles. The maximum atomic E-state index is 11.4. The minimum absolute atomic E-state index is 0.227. The van der Waals surface area contributed by atoms with E-state index in [4.69, 9.17) is 9.47 Å². The summed E-state index contributed by atoms with van der Waals surface area (Å²) in [6.45, 7) is 2.87. The Morgan fingerprint density at radius 3 is 1.44 bits per heavy atom. The molecular formula is C22H26O4S. The van der Waals surface area contributed by atoms with Gasteiger partial charge in [-0.15, -0.1) is 0 Å². The number of thioether (sulfide) groups is 1. The van der Waals surface area contributed by atoms with Crippen LogP contribution in [0.3, 0.4) is 0 Å². The second kappa shape index (κ2) is 11.4. The quantitative estimate of drug-likeness (QED) is 0.420. The van der Waals surface area contributed by atoms with E-state index >= 15 is 0 Å². The Morgan fingerprint density at radius 2 is 1.11 bits per heavy atom. The summed E-state index contributed by atoms with van der Waals surface area (Å²) in [5.74, 6) is 1.17. The molecule has 0 heterocycles. The molecule has 0 radical (unpaired) electrons. The molecule has 0 N–H and O–H groups in total. The van der Waals surface area contributed by atoms with Gasteiger partial charge in [0.15, 0.2) is 0 Å². The van der Waals surface area contributed by atoms with Crippen LogP contribution in [0.5, 0.6) is 0 Å². The lowest BCUT2D eigenvalue weighted by Gasteiger charge is -2.19. The summed E-state index contributed by atoms with van der Waals surface area (Å²) in [6.07, 6.45) is 1.04. The standard InChI is InChI=1S/C22H26O4S/c1-17(23)25-21(19-9-5-3-6-10-19)13-15-27-16-14-22(26-18(2)24)20-11-7-4-8-12-20/h3-12,21-22H,13-16H2,1-2H3. The van der Waals surface area contributed by atoms with Crippen molar-refractivity contribution in [1.29, 1.82) is 0 Å². The fourth-order valence-electron chi connectivity index (χ4n) is 2.81. The van der Waals surface area contributed by atoms with Crippen LogP contribution in [0.25, 0.3) is 0 Å². The van der Waals surface area contributed by atoms with Gasteiger partial charge in [-0.3, -0.25) is 9.59 Å². The highest BCUT2D eigenvalue weighted by Gasteiger charge is 2.16. The lowest BCUT2D eigenvalue weighted by Crippen LogP contribution is -2.11. The number of carbonyl (C=O) groups excluding carboxylic acids is 2. The van der Waals surface area contributed by atoms with Gasteiger partial charge < -0.3 is 9.47 Å².